The van der Waals surface area contributed by atoms with Crippen molar-refractivity contribution in [1.29, 1.82) is 0 Å². The predicted molar refractivity (Wildman–Crippen MR) is 48.2 cm³/mol. The summed E-state index contributed by atoms with van der Waals surface area (Å²) in [6.07, 6.45) is 0. The maximum atomic E-state index is 11.4. The fraction of sp³-hybridized carbons (Fsp3) is 0.571. The first-order valence-electron chi connectivity index (χ1n) is 3.97. The fourth-order valence-electron chi connectivity index (χ4n) is 1.66. The molecule has 1 saturated heterocycles. The van der Waals surface area contributed by atoms with Gasteiger partial charge in [-0.3, -0.25) is 9.69 Å². The quantitative estimate of drug-likeness (QED) is 0.490. The normalized spacial score (nSPS) is 28.6. The third kappa shape index (κ3) is 1.10. The zero-order chi connectivity index (χ0) is 9.59. The molecule has 1 atom stereocenters. The van der Waals surface area contributed by atoms with E-state index in [0.29, 0.717) is 12.5 Å². The molecule has 2 rings (SSSR count). The summed E-state index contributed by atoms with van der Waals surface area (Å²) in [6.45, 7) is 0.679. The third-order valence-electron chi connectivity index (χ3n) is 2.20. The lowest BCUT2D eigenvalue weighted by Gasteiger charge is -2.17. The van der Waals surface area contributed by atoms with E-state index in [9.17, 15) is 4.79 Å². The van der Waals surface area contributed by atoms with Crippen LogP contribution in [0.4, 0.5) is 0 Å². The van der Waals surface area contributed by atoms with Gasteiger partial charge in [-0.1, -0.05) is 0 Å². The molecule has 1 amide bonds. The first kappa shape index (κ1) is 8.18. The van der Waals surface area contributed by atoms with E-state index in [1.165, 1.54) is 0 Å². The first-order chi connectivity index (χ1) is 6.09. The molecule has 2 N–H and O–H groups in total. The smallest absolute Gasteiger partial charge is 0.274 e. The van der Waals surface area contributed by atoms with Crippen molar-refractivity contribution in [3.8, 4) is 0 Å². The number of nitrogens with two attached hydrogens (primary N) is 1. The number of rotatable bonds is 0. The van der Waals surface area contributed by atoms with Crippen LogP contribution in [0, 0.1) is 0 Å². The van der Waals surface area contributed by atoms with Crippen molar-refractivity contribution in [3.63, 3.8) is 0 Å². The van der Waals surface area contributed by atoms with Gasteiger partial charge in [0, 0.05) is 7.05 Å². The number of fused-ring (bicyclic) bond motifs is 1. The Labute approximate surface area is 75.7 Å². The van der Waals surface area contributed by atoms with Gasteiger partial charge in [0.05, 0.1) is 6.67 Å². The molecule has 0 saturated carbocycles. The van der Waals surface area contributed by atoms with Gasteiger partial charge in [0.25, 0.3) is 5.91 Å². The number of nitrogens with zero attached hydrogens (tertiary/aromatic N) is 4. The molecule has 2 aliphatic heterocycles. The Kier molecular flexibility index (Phi) is 1.59. The van der Waals surface area contributed by atoms with Gasteiger partial charge in [-0.2, -0.15) is 9.98 Å². The summed E-state index contributed by atoms with van der Waals surface area (Å²) in [4.78, 5) is 22.8. The average molecular weight is 181 g/mol. The monoisotopic (exact) mass is 181 g/mol. The van der Waals surface area contributed by atoms with Crippen LogP contribution in [-0.4, -0.2) is 54.3 Å². The molecule has 0 aromatic heterocycles. The molecule has 0 bridgehead atoms. The first-order valence-corrected chi connectivity index (χ1v) is 3.97. The summed E-state index contributed by atoms with van der Waals surface area (Å²) in [5, 5.41) is 0. The van der Waals surface area contributed by atoms with Crippen LogP contribution in [0.2, 0.25) is 0 Å². The van der Waals surface area contributed by atoms with Crippen LogP contribution in [0.15, 0.2) is 9.98 Å². The molecule has 0 aliphatic carbocycles. The molecule has 2 aliphatic rings. The molecule has 70 valence electrons. The Morgan fingerprint density at radius 3 is 2.85 bits per heavy atom. The predicted octanol–water partition coefficient (Wildman–Crippen LogP) is -1.56. The van der Waals surface area contributed by atoms with E-state index < -0.39 is 0 Å². The highest BCUT2D eigenvalue weighted by Gasteiger charge is 2.39. The molecule has 0 aromatic carbocycles. The fourth-order valence-corrected chi connectivity index (χ4v) is 1.66. The second-order valence-corrected chi connectivity index (χ2v) is 3.28. The molecule has 6 heteroatoms. The lowest BCUT2D eigenvalue weighted by atomic mass is 10.2. The number of carbonyl (C=O) groups excluding carboxylic acids is 1. The van der Waals surface area contributed by atoms with Gasteiger partial charge in [0.1, 0.15) is 5.84 Å². The Morgan fingerprint density at radius 2 is 2.15 bits per heavy atom. The minimum atomic E-state index is -0.336. The van der Waals surface area contributed by atoms with Crippen molar-refractivity contribution in [2.45, 2.75) is 6.04 Å². The number of carbonyl (C=O) groups is 1. The Balaban J connectivity index is 2.41. The van der Waals surface area contributed by atoms with Crippen molar-refractivity contribution >= 4 is 17.7 Å². The maximum absolute atomic E-state index is 11.4. The maximum Gasteiger partial charge on any atom is 0.274 e. The summed E-state index contributed by atoms with van der Waals surface area (Å²) >= 11 is 0. The number of aliphatic imine (C=N–C) groups is 2. The van der Waals surface area contributed by atoms with Crippen LogP contribution >= 0.6 is 0 Å². The minimum Gasteiger partial charge on any atom is -0.368 e. The van der Waals surface area contributed by atoms with Crippen LogP contribution in [0.25, 0.3) is 0 Å². The van der Waals surface area contributed by atoms with Crippen molar-refractivity contribution in [3.05, 3.63) is 0 Å². The number of amidine groups is 1. The Morgan fingerprint density at radius 1 is 1.46 bits per heavy atom. The van der Waals surface area contributed by atoms with Crippen molar-refractivity contribution in [2.24, 2.45) is 15.7 Å². The van der Waals surface area contributed by atoms with Gasteiger partial charge >= 0.3 is 0 Å². The summed E-state index contributed by atoms with van der Waals surface area (Å²) in [5.41, 5.74) is 5.39. The SMILES string of the molecule is CN1CN(C)C2C(=O)N=C(N)N=C21. The largest absolute Gasteiger partial charge is 0.368 e. The molecule has 13 heavy (non-hydrogen) atoms. The molecule has 1 fully saturated rings. The Bertz CT molecular complexity index is 321. The number of likely N-dealkylation sites (N-methyl/N-ethyl adjacent to an activating group) is 2. The molecular formula is C7H11N5O. The van der Waals surface area contributed by atoms with E-state index in [1.54, 1.807) is 0 Å². The zero-order valence-electron chi connectivity index (χ0n) is 7.56. The summed E-state index contributed by atoms with van der Waals surface area (Å²) in [5.74, 6) is 0.521. The van der Waals surface area contributed by atoms with Gasteiger partial charge in [-0.15, -0.1) is 0 Å². The summed E-state index contributed by atoms with van der Waals surface area (Å²) in [6, 6.07) is -0.336. The second kappa shape index (κ2) is 2.53. The van der Waals surface area contributed by atoms with Gasteiger partial charge in [-0.05, 0) is 7.05 Å². The topological polar surface area (TPSA) is 74.3 Å². The molecular weight excluding hydrogens is 170 g/mol. The standard InChI is InChI=1S/C7H11N5O/c1-11-3-12(2)5-4(11)6(13)10-7(8)9-5/h4H,3H2,1-2H3,(H2,8,10,13). The van der Waals surface area contributed by atoms with E-state index >= 15 is 0 Å². The van der Waals surface area contributed by atoms with E-state index in [2.05, 4.69) is 9.98 Å². The average Bonchev–Trinajstić information content (AvgIpc) is 2.27. The summed E-state index contributed by atoms with van der Waals surface area (Å²) < 4.78 is 0. The van der Waals surface area contributed by atoms with E-state index in [4.69, 9.17) is 5.73 Å². The number of hydrogen-bond acceptors (Lipinski definition) is 5. The van der Waals surface area contributed by atoms with Gasteiger partial charge in [-0.25, -0.2) is 0 Å². The van der Waals surface area contributed by atoms with Gasteiger partial charge in [0.15, 0.2) is 6.04 Å². The van der Waals surface area contributed by atoms with E-state index in [1.807, 2.05) is 23.9 Å². The lowest BCUT2D eigenvalue weighted by molar-refractivity contribution is -0.120. The Hall–Kier alpha value is -1.43. The highest BCUT2D eigenvalue weighted by atomic mass is 16.2. The van der Waals surface area contributed by atoms with Crippen molar-refractivity contribution in [1.82, 2.24) is 9.80 Å². The van der Waals surface area contributed by atoms with Crippen molar-refractivity contribution in [2.75, 3.05) is 20.8 Å². The van der Waals surface area contributed by atoms with Crippen LogP contribution in [0.3, 0.4) is 0 Å². The summed E-state index contributed by atoms with van der Waals surface area (Å²) in [7, 11) is 3.74. The van der Waals surface area contributed by atoms with E-state index in [0.717, 1.165) is 0 Å². The highest BCUT2D eigenvalue weighted by Crippen LogP contribution is 2.16. The minimum absolute atomic E-state index is 0.0541. The zero-order valence-corrected chi connectivity index (χ0v) is 7.56. The van der Waals surface area contributed by atoms with Crippen LogP contribution in [-0.2, 0) is 4.79 Å². The van der Waals surface area contributed by atoms with Crippen LogP contribution < -0.4 is 5.73 Å². The second-order valence-electron chi connectivity index (χ2n) is 3.28. The molecule has 6 nitrogen and oxygen atoms in total. The molecule has 0 radical (unpaired) electrons. The van der Waals surface area contributed by atoms with Crippen LogP contribution in [0.1, 0.15) is 0 Å². The number of amides is 1. The number of guanidine groups is 1. The van der Waals surface area contributed by atoms with Crippen molar-refractivity contribution < 1.29 is 4.79 Å². The van der Waals surface area contributed by atoms with Crippen LogP contribution in [0.5, 0.6) is 0 Å². The number of hydrogen-bond donors (Lipinski definition) is 1. The molecule has 0 spiro atoms. The molecule has 2 heterocycles. The van der Waals surface area contributed by atoms with E-state index in [-0.39, 0.29) is 17.9 Å². The van der Waals surface area contributed by atoms with Gasteiger partial charge in [0.2, 0.25) is 5.96 Å². The highest BCUT2D eigenvalue weighted by molar-refractivity contribution is 6.17. The van der Waals surface area contributed by atoms with Gasteiger partial charge < -0.3 is 10.6 Å². The molecule has 0 aromatic rings. The molecule has 1 unspecified atom stereocenters. The lowest BCUT2D eigenvalue weighted by Crippen LogP contribution is -2.42. The third-order valence-corrected chi connectivity index (χ3v) is 2.20.